The van der Waals surface area contributed by atoms with E-state index in [-0.39, 0.29) is 11.7 Å². The molecule has 8 heteroatoms. The quantitative estimate of drug-likeness (QED) is 0.350. The first kappa shape index (κ1) is 26.0. The van der Waals surface area contributed by atoms with E-state index in [1.165, 1.54) is 25.0 Å². The van der Waals surface area contributed by atoms with Crippen LogP contribution in [0, 0.1) is 18.7 Å². The molecule has 36 heavy (non-hydrogen) atoms. The molecule has 0 saturated carbocycles. The lowest BCUT2D eigenvalue weighted by Crippen LogP contribution is -2.49. The molecule has 1 fully saturated rings. The van der Waals surface area contributed by atoms with Crippen LogP contribution < -0.4 is 4.90 Å². The number of fused-ring (bicyclic) bond motifs is 1. The summed E-state index contributed by atoms with van der Waals surface area (Å²) >= 11 is 0. The monoisotopic (exact) mass is 494 g/mol. The second-order valence-corrected chi connectivity index (χ2v) is 10.2. The number of carbonyl (C=O) groups excluding carboxylic acids is 1. The van der Waals surface area contributed by atoms with Gasteiger partial charge in [0.25, 0.3) is 0 Å². The number of hydrogen-bond donors (Lipinski definition) is 0. The molecule has 1 aromatic carbocycles. The summed E-state index contributed by atoms with van der Waals surface area (Å²) in [7, 11) is 0. The number of hydrogen-bond acceptors (Lipinski definition) is 5. The number of anilines is 1. The van der Waals surface area contributed by atoms with E-state index in [0.717, 1.165) is 72.8 Å². The van der Waals surface area contributed by atoms with Crippen LogP contribution in [0.2, 0.25) is 0 Å². The lowest BCUT2D eigenvalue weighted by Gasteiger charge is -2.36. The molecule has 1 saturated heterocycles. The second kappa shape index (κ2) is 11.8. The Balaban J connectivity index is 1.61. The minimum Gasteiger partial charge on any atom is -0.352 e. The second-order valence-electron chi connectivity index (χ2n) is 10.2. The van der Waals surface area contributed by atoms with E-state index in [4.69, 9.17) is 15.1 Å². The van der Waals surface area contributed by atoms with Crippen LogP contribution in [0.1, 0.15) is 70.8 Å². The molecule has 0 spiro atoms. The van der Waals surface area contributed by atoms with E-state index in [9.17, 15) is 9.18 Å². The van der Waals surface area contributed by atoms with Gasteiger partial charge in [0.05, 0.1) is 16.8 Å². The van der Waals surface area contributed by atoms with E-state index in [1.807, 2.05) is 11.8 Å². The first-order valence-electron chi connectivity index (χ1n) is 13.4. The van der Waals surface area contributed by atoms with Crippen molar-refractivity contribution in [3.05, 3.63) is 41.6 Å². The molecule has 1 aliphatic heterocycles. The van der Waals surface area contributed by atoms with Crippen molar-refractivity contribution in [1.82, 2.24) is 24.6 Å². The van der Waals surface area contributed by atoms with Crippen molar-refractivity contribution in [3.63, 3.8) is 0 Å². The fraction of sp³-hybridized carbons (Fsp3) is 0.571. The highest BCUT2D eigenvalue weighted by Crippen LogP contribution is 2.30. The summed E-state index contributed by atoms with van der Waals surface area (Å²) < 4.78 is 15.4. The number of rotatable bonds is 10. The average molecular weight is 495 g/mol. The molecule has 194 valence electrons. The van der Waals surface area contributed by atoms with Crippen LogP contribution in [0.4, 0.5) is 10.2 Å². The van der Waals surface area contributed by atoms with Crippen LogP contribution in [0.5, 0.6) is 0 Å². The number of unbranched alkanes of at least 4 members (excludes halogenated alkanes) is 3. The molecule has 0 unspecified atom stereocenters. The zero-order valence-electron chi connectivity index (χ0n) is 22.1. The molecule has 1 amide bonds. The van der Waals surface area contributed by atoms with E-state index in [1.54, 1.807) is 16.8 Å². The van der Waals surface area contributed by atoms with Crippen LogP contribution >= 0.6 is 0 Å². The van der Waals surface area contributed by atoms with Gasteiger partial charge >= 0.3 is 0 Å². The van der Waals surface area contributed by atoms with Crippen molar-refractivity contribution in [3.8, 4) is 5.69 Å². The van der Waals surface area contributed by atoms with E-state index in [0.29, 0.717) is 25.4 Å². The number of benzene rings is 1. The Morgan fingerprint density at radius 3 is 2.42 bits per heavy atom. The Kier molecular flexibility index (Phi) is 8.54. The Hall–Kier alpha value is -3.03. The Bertz CT molecular complexity index is 1160. The molecular weight excluding hydrogens is 455 g/mol. The minimum atomic E-state index is -0.280. The summed E-state index contributed by atoms with van der Waals surface area (Å²) in [6, 6.07) is 6.33. The van der Waals surface area contributed by atoms with Gasteiger partial charge in [0.2, 0.25) is 5.91 Å². The molecule has 4 rings (SSSR count). The normalized spacial score (nSPS) is 14.3. The van der Waals surface area contributed by atoms with E-state index >= 15 is 0 Å². The number of nitrogens with zero attached hydrogens (tertiary/aromatic N) is 6. The highest BCUT2D eigenvalue weighted by Gasteiger charge is 2.26. The van der Waals surface area contributed by atoms with Gasteiger partial charge in [-0.3, -0.25) is 4.79 Å². The van der Waals surface area contributed by atoms with Crippen LogP contribution in [0.3, 0.4) is 0 Å². The highest BCUT2D eigenvalue weighted by molar-refractivity contribution is 5.91. The summed E-state index contributed by atoms with van der Waals surface area (Å²) in [6.45, 7) is 11.4. The van der Waals surface area contributed by atoms with Crippen LogP contribution in [-0.4, -0.2) is 56.7 Å². The number of halogens is 1. The SMILES string of the molecule is CCCCCCC(=O)N1CCN(c2nc(CCC(C)C)nc3c2c(C)nn3-c2ccc(F)cc2)CC1. The maximum absolute atomic E-state index is 13.6. The van der Waals surface area contributed by atoms with E-state index in [2.05, 4.69) is 25.7 Å². The van der Waals surface area contributed by atoms with Crippen molar-refractivity contribution < 1.29 is 9.18 Å². The highest BCUT2D eigenvalue weighted by atomic mass is 19.1. The van der Waals surface area contributed by atoms with Gasteiger partial charge in [-0.15, -0.1) is 0 Å². The number of aromatic nitrogens is 4. The zero-order chi connectivity index (χ0) is 25.7. The van der Waals surface area contributed by atoms with Crippen LogP contribution in [-0.2, 0) is 11.2 Å². The predicted molar refractivity (Wildman–Crippen MR) is 142 cm³/mol. The third-order valence-corrected chi connectivity index (χ3v) is 6.92. The fourth-order valence-electron chi connectivity index (χ4n) is 4.76. The minimum absolute atomic E-state index is 0.261. The first-order valence-corrected chi connectivity index (χ1v) is 13.4. The van der Waals surface area contributed by atoms with Crippen molar-refractivity contribution in [1.29, 1.82) is 0 Å². The predicted octanol–water partition coefficient (Wildman–Crippen LogP) is 5.47. The van der Waals surface area contributed by atoms with Crippen LogP contribution in [0.25, 0.3) is 16.7 Å². The Morgan fingerprint density at radius 2 is 1.75 bits per heavy atom. The fourth-order valence-corrected chi connectivity index (χ4v) is 4.76. The van der Waals surface area contributed by atoms with Gasteiger partial charge in [-0.1, -0.05) is 40.0 Å². The van der Waals surface area contributed by atoms with Crippen molar-refractivity contribution >= 4 is 22.8 Å². The molecule has 0 bridgehead atoms. The summed E-state index contributed by atoms with van der Waals surface area (Å²) in [6.07, 6.45) is 6.88. The molecule has 3 heterocycles. The number of aryl methyl sites for hydroxylation is 2. The lowest BCUT2D eigenvalue weighted by atomic mass is 10.1. The maximum Gasteiger partial charge on any atom is 0.222 e. The van der Waals surface area contributed by atoms with Gasteiger partial charge in [-0.05, 0) is 49.9 Å². The third-order valence-electron chi connectivity index (χ3n) is 6.92. The van der Waals surface area contributed by atoms with E-state index < -0.39 is 0 Å². The van der Waals surface area contributed by atoms with Gasteiger partial charge in [0, 0.05) is 39.0 Å². The van der Waals surface area contributed by atoms with Gasteiger partial charge in [0.1, 0.15) is 17.5 Å². The summed E-state index contributed by atoms with van der Waals surface area (Å²) in [5, 5.41) is 5.70. The third kappa shape index (κ3) is 6.02. The number of carbonyl (C=O) groups is 1. The first-order chi connectivity index (χ1) is 17.4. The standard InChI is InChI=1S/C28H39FN6O/c1-5-6-7-8-9-25(36)33-16-18-34(19-17-33)27-26-21(4)32-35(23-13-11-22(29)12-14-23)28(26)31-24(30-27)15-10-20(2)3/h11-14,20H,5-10,15-19H2,1-4H3. The van der Waals surface area contributed by atoms with Gasteiger partial charge in [-0.2, -0.15) is 5.10 Å². The maximum atomic E-state index is 13.6. The van der Waals surface area contributed by atoms with Crippen molar-refractivity contribution in [2.24, 2.45) is 5.92 Å². The molecule has 7 nitrogen and oxygen atoms in total. The van der Waals surface area contributed by atoms with Crippen molar-refractivity contribution in [2.45, 2.75) is 72.6 Å². The van der Waals surface area contributed by atoms with Crippen molar-refractivity contribution in [2.75, 3.05) is 31.1 Å². The summed E-state index contributed by atoms with van der Waals surface area (Å²) in [5.74, 6) is 2.21. The summed E-state index contributed by atoms with van der Waals surface area (Å²) in [4.78, 5) is 26.9. The molecular formula is C28H39FN6O. The molecule has 3 aromatic rings. The molecule has 1 aliphatic rings. The molecule has 0 radical (unpaired) electrons. The number of piperazine rings is 1. The van der Waals surface area contributed by atoms with Gasteiger partial charge in [0.15, 0.2) is 5.65 Å². The smallest absolute Gasteiger partial charge is 0.222 e. The summed E-state index contributed by atoms with van der Waals surface area (Å²) in [5.41, 5.74) is 2.36. The van der Waals surface area contributed by atoms with Crippen LogP contribution in [0.15, 0.2) is 24.3 Å². The van der Waals surface area contributed by atoms with Gasteiger partial charge in [-0.25, -0.2) is 19.0 Å². The topological polar surface area (TPSA) is 67.2 Å². The number of amides is 1. The largest absolute Gasteiger partial charge is 0.352 e. The Morgan fingerprint density at radius 1 is 1.03 bits per heavy atom. The Labute approximate surface area is 213 Å². The lowest BCUT2D eigenvalue weighted by molar-refractivity contribution is -0.131. The zero-order valence-corrected chi connectivity index (χ0v) is 22.1. The molecule has 0 aliphatic carbocycles. The molecule has 2 aromatic heterocycles. The van der Waals surface area contributed by atoms with Gasteiger partial charge < -0.3 is 9.80 Å². The molecule has 0 atom stereocenters. The molecule has 0 N–H and O–H groups in total. The average Bonchev–Trinajstić information content (AvgIpc) is 3.21.